The maximum atomic E-state index is 13.2. The number of carbonyl (C=O) groups is 3. The number of hydrogen-bond donors (Lipinski definition) is 5. The van der Waals surface area contributed by atoms with Crippen molar-refractivity contribution in [1.82, 2.24) is 16.0 Å². The fourth-order valence-electron chi connectivity index (χ4n) is 4.89. The van der Waals surface area contributed by atoms with Crippen LogP contribution in [-0.4, -0.2) is 35.6 Å². The number of carboxylic acids is 1. The van der Waals surface area contributed by atoms with Gasteiger partial charge in [0.25, 0.3) is 5.91 Å². The van der Waals surface area contributed by atoms with Gasteiger partial charge in [-0.05, 0) is 30.2 Å². The molecule has 0 fully saturated rings. The average Bonchev–Trinajstić information content (AvgIpc) is 3.02. The molecule has 0 spiro atoms. The smallest absolute Gasteiger partial charge is 0.319 e. The van der Waals surface area contributed by atoms with E-state index in [1.165, 1.54) is 64.2 Å². The van der Waals surface area contributed by atoms with Crippen molar-refractivity contribution in [1.29, 1.82) is 0 Å². The Balaban J connectivity index is 1.80. The zero-order valence-electron chi connectivity index (χ0n) is 26.5. The van der Waals surface area contributed by atoms with Gasteiger partial charge < -0.3 is 26.4 Å². The van der Waals surface area contributed by atoms with E-state index in [-0.39, 0.29) is 30.8 Å². The average molecular weight is 605 g/mol. The number of unbranched alkanes of at least 4 members (excludes halogenated alkanes) is 11. The minimum Gasteiger partial charge on any atom is -0.481 e. The SMILES string of the molecule is CCCCCCCCCCCCCCC(CNC#CCCC(=O)O)NC(=O)c1cccc(NC(=O)NCc2ccccc2)c1. The quantitative estimate of drug-likeness (QED) is 0.0538. The van der Waals surface area contributed by atoms with E-state index in [4.69, 9.17) is 5.11 Å². The monoisotopic (exact) mass is 604 g/mol. The van der Waals surface area contributed by atoms with Crippen molar-refractivity contribution in [3.05, 3.63) is 65.7 Å². The number of carbonyl (C=O) groups excluding carboxylic acids is 2. The van der Waals surface area contributed by atoms with E-state index in [9.17, 15) is 14.4 Å². The normalized spacial score (nSPS) is 11.1. The lowest BCUT2D eigenvalue weighted by Gasteiger charge is -2.19. The number of benzene rings is 2. The molecule has 0 aliphatic carbocycles. The molecule has 44 heavy (non-hydrogen) atoms. The zero-order valence-corrected chi connectivity index (χ0v) is 26.5. The molecule has 0 aliphatic rings. The Labute approximate surface area is 264 Å². The van der Waals surface area contributed by atoms with Crippen molar-refractivity contribution in [2.45, 2.75) is 116 Å². The molecule has 2 aromatic rings. The summed E-state index contributed by atoms with van der Waals surface area (Å²) in [5, 5.41) is 20.6. The molecule has 0 bridgehead atoms. The summed E-state index contributed by atoms with van der Waals surface area (Å²) in [6, 6.07) is 18.9. The lowest BCUT2D eigenvalue weighted by molar-refractivity contribution is -0.136. The van der Waals surface area contributed by atoms with Crippen molar-refractivity contribution in [3.8, 4) is 12.0 Å². The van der Waals surface area contributed by atoms with Crippen LogP contribution in [0.2, 0.25) is 0 Å². The Morgan fingerprint density at radius 3 is 2.14 bits per heavy atom. The second kappa shape index (κ2) is 23.5. The molecular weight excluding hydrogens is 552 g/mol. The van der Waals surface area contributed by atoms with E-state index in [0.29, 0.717) is 24.3 Å². The van der Waals surface area contributed by atoms with Crippen LogP contribution in [-0.2, 0) is 11.3 Å². The van der Waals surface area contributed by atoms with Gasteiger partial charge in [-0.3, -0.25) is 9.59 Å². The molecule has 5 N–H and O–H groups in total. The van der Waals surface area contributed by atoms with Crippen LogP contribution in [0.15, 0.2) is 54.6 Å². The van der Waals surface area contributed by atoms with Crippen LogP contribution in [0.25, 0.3) is 0 Å². The molecule has 0 heterocycles. The maximum absolute atomic E-state index is 13.2. The molecule has 0 radical (unpaired) electrons. The van der Waals surface area contributed by atoms with Crippen LogP contribution in [0.1, 0.15) is 119 Å². The van der Waals surface area contributed by atoms with Crippen molar-refractivity contribution < 1.29 is 19.5 Å². The number of rotatable bonds is 22. The van der Waals surface area contributed by atoms with E-state index in [1.54, 1.807) is 24.3 Å². The van der Waals surface area contributed by atoms with Gasteiger partial charge in [0.1, 0.15) is 0 Å². The molecule has 8 heteroatoms. The molecule has 1 atom stereocenters. The fourth-order valence-corrected chi connectivity index (χ4v) is 4.89. The molecule has 2 aromatic carbocycles. The van der Waals surface area contributed by atoms with Crippen LogP contribution in [0, 0.1) is 12.0 Å². The summed E-state index contributed by atoms with van der Waals surface area (Å²) in [7, 11) is 0. The third-order valence-corrected chi connectivity index (χ3v) is 7.41. The third-order valence-electron chi connectivity index (χ3n) is 7.41. The first-order valence-electron chi connectivity index (χ1n) is 16.4. The lowest BCUT2D eigenvalue weighted by atomic mass is 10.0. The fraction of sp³-hybridized carbons (Fsp3) is 0.528. The Hall–Kier alpha value is -3.99. The first-order chi connectivity index (χ1) is 21.5. The van der Waals surface area contributed by atoms with Gasteiger partial charge in [0.15, 0.2) is 0 Å². The first kappa shape index (κ1) is 36.2. The van der Waals surface area contributed by atoms with Crippen LogP contribution < -0.4 is 21.3 Å². The van der Waals surface area contributed by atoms with Gasteiger partial charge in [-0.1, -0.05) is 126 Å². The molecule has 240 valence electrons. The topological polar surface area (TPSA) is 120 Å². The number of amides is 3. The van der Waals surface area contributed by atoms with Crippen LogP contribution >= 0.6 is 0 Å². The van der Waals surface area contributed by atoms with Crippen molar-refractivity contribution in [3.63, 3.8) is 0 Å². The van der Waals surface area contributed by atoms with Gasteiger partial charge in [0, 0.05) is 42.8 Å². The molecule has 0 aromatic heterocycles. The number of nitrogens with one attached hydrogen (secondary N) is 4. The molecule has 8 nitrogen and oxygen atoms in total. The maximum Gasteiger partial charge on any atom is 0.319 e. The number of hydrogen-bond acceptors (Lipinski definition) is 4. The molecule has 1 unspecified atom stereocenters. The van der Waals surface area contributed by atoms with E-state index in [2.05, 4.69) is 40.2 Å². The number of carboxylic acid groups (broad SMARTS) is 1. The minimum atomic E-state index is -0.873. The Kier molecular flexibility index (Phi) is 19.3. The summed E-state index contributed by atoms with van der Waals surface area (Å²) >= 11 is 0. The van der Waals surface area contributed by atoms with Crippen molar-refractivity contribution in [2.75, 3.05) is 11.9 Å². The molecule has 0 saturated heterocycles. The van der Waals surface area contributed by atoms with E-state index >= 15 is 0 Å². The number of aliphatic carboxylic acids is 1. The standard InChI is InChI=1S/C36H52N4O4/c1-2-3-4-5-6-7-8-9-10-11-12-16-23-33(29-37-26-18-17-25-34(41)42)39-35(43)31-22-19-24-32(27-31)40-36(44)38-28-30-20-14-13-15-21-30/h13-15,19-22,24,27,33,37H,2-12,16-17,23,25,28-29H2,1H3,(H,39,43)(H,41,42)(H2,38,40,44). The van der Waals surface area contributed by atoms with Gasteiger partial charge in [-0.2, -0.15) is 0 Å². The molecule has 0 saturated carbocycles. The van der Waals surface area contributed by atoms with Gasteiger partial charge in [-0.25, -0.2) is 4.79 Å². The minimum absolute atomic E-state index is 0.00234. The summed E-state index contributed by atoms with van der Waals surface area (Å²) in [4.78, 5) is 36.3. The van der Waals surface area contributed by atoms with Gasteiger partial charge in [0.2, 0.25) is 0 Å². The van der Waals surface area contributed by atoms with E-state index in [0.717, 1.165) is 24.8 Å². The van der Waals surface area contributed by atoms with Crippen LogP contribution in [0.4, 0.5) is 10.5 Å². The Morgan fingerprint density at radius 2 is 1.48 bits per heavy atom. The Morgan fingerprint density at radius 1 is 0.818 bits per heavy atom. The highest BCUT2D eigenvalue weighted by atomic mass is 16.4. The molecule has 2 rings (SSSR count). The van der Waals surface area contributed by atoms with Crippen LogP contribution in [0.3, 0.4) is 0 Å². The second-order valence-corrected chi connectivity index (χ2v) is 11.3. The zero-order chi connectivity index (χ0) is 31.7. The van der Waals surface area contributed by atoms with Crippen molar-refractivity contribution in [2.24, 2.45) is 0 Å². The summed E-state index contributed by atoms with van der Waals surface area (Å²) in [6.45, 7) is 3.12. The second-order valence-electron chi connectivity index (χ2n) is 11.3. The highest BCUT2D eigenvalue weighted by molar-refractivity contribution is 5.97. The predicted octanol–water partition coefficient (Wildman–Crippen LogP) is 7.61. The van der Waals surface area contributed by atoms with Gasteiger partial charge in [-0.15, -0.1) is 0 Å². The molecular formula is C36H52N4O4. The van der Waals surface area contributed by atoms with Gasteiger partial charge in [0.05, 0.1) is 6.42 Å². The number of anilines is 1. The third kappa shape index (κ3) is 17.8. The Bertz CT molecular complexity index is 1160. The molecule has 3 amide bonds. The van der Waals surface area contributed by atoms with Crippen LogP contribution in [0.5, 0.6) is 0 Å². The van der Waals surface area contributed by atoms with E-state index < -0.39 is 5.97 Å². The predicted molar refractivity (Wildman–Crippen MR) is 178 cm³/mol. The molecule has 0 aliphatic heterocycles. The highest BCUT2D eigenvalue weighted by Crippen LogP contribution is 2.14. The summed E-state index contributed by atoms with van der Waals surface area (Å²) in [5.41, 5.74) is 1.98. The summed E-state index contributed by atoms with van der Waals surface area (Å²) in [6.07, 6.45) is 16.3. The van der Waals surface area contributed by atoms with Crippen molar-refractivity contribution >= 4 is 23.6 Å². The summed E-state index contributed by atoms with van der Waals surface area (Å²) < 4.78 is 0. The van der Waals surface area contributed by atoms with Gasteiger partial charge >= 0.3 is 12.0 Å². The highest BCUT2D eigenvalue weighted by Gasteiger charge is 2.14. The summed E-state index contributed by atoms with van der Waals surface area (Å²) in [5.74, 6) is 1.72. The lowest BCUT2D eigenvalue weighted by Crippen LogP contribution is -2.41. The first-order valence-corrected chi connectivity index (χ1v) is 16.4. The van der Waals surface area contributed by atoms with E-state index in [1.807, 2.05) is 30.3 Å². The largest absolute Gasteiger partial charge is 0.481 e. The number of urea groups is 1.